The van der Waals surface area contributed by atoms with Crippen LogP contribution in [0.15, 0.2) is 0 Å². The van der Waals surface area contributed by atoms with Crippen LogP contribution in [0.1, 0.15) is 34.1 Å². The molecule has 0 aromatic heterocycles. The molecule has 0 aliphatic heterocycles. The Labute approximate surface area is 74.9 Å². The second-order valence-corrected chi connectivity index (χ2v) is 3.63. The van der Waals surface area contributed by atoms with E-state index in [9.17, 15) is 4.79 Å². The fraction of sp³-hybridized carbons (Fsp3) is 0.889. The van der Waals surface area contributed by atoms with Crippen molar-refractivity contribution >= 4 is 5.91 Å². The summed E-state index contributed by atoms with van der Waals surface area (Å²) in [6.45, 7) is 10.2. The van der Waals surface area contributed by atoms with Crippen LogP contribution in [0, 0.1) is 0 Å². The second kappa shape index (κ2) is 4.45. The first-order chi connectivity index (χ1) is 5.44. The fourth-order valence-electron chi connectivity index (χ4n) is 1.62. The number of nitrogens with two attached hydrogens (primary N) is 1. The lowest BCUT2D eigenvalue weighted by atomic mass is 9.98. The third-order valence-corrected chi connectivity index (χ3v) is 2.23. The maximum absolute atomic E-state index is 10.7. The zero-order chi connectivity index (χ0) is 9.78. The summed E-state index contributed by atoms with van der Waals surface area (Å²) in [5.41, 5.74) is 5.06. The monoisotopic (exact) mass is 172 g/mol. The number of rotatable bonds is 5. The lowest BCUT2D eigenvalue weighted by molar-refractivity contribution is -0.120. The Hall–Kier alpha value is -0.570. The van der Waals surface area contributed by atoms with E-state index in [1.165, 1.54) is 0 Å². The van der Waals surface area contributed by atoms with Gasteiger partial charge in [0.15, 0.2) is 0 Å². The van der Waals surface area contributed by atoms with Gasteiger partial charge >= 0.3 is 0 Å². The predicted octanol–water partition coefficient (Wildman–Crippen LogP) is 0.982. The van der Waals surface area contributed by atoms with Gasteiger partial charge in [0.05, 0.1) is 0 Å². The van der Waals surface area contributed by atoms with Crippen LogP contribution in [-0.4, -0.2) is 29.4 Å². The third-order valence-electron chi connectivity index (χ3n) is 2.23. The number of carbonyl (C=O) groups excluding carboxylic acids is 1. The molecule has 0 fully saturated rings. The highest BCUT2D eigenvalue weighted by atomic mass is 16.1. The molecule has 0 saturated heterocycles. The van der Waals surface area contributed by atoms with Crippen molar-refractivity contribution in [2.24, 2.45) is 5.73 Å². The van der Waals surface area contributed by atoms with Crippen LogP contribution in [0.5, 0.6) is 0 Å². The molecule has 0 spiro atoms. The molecule has 0 rings (SSSR count). The molecule has 0 unspecified atom stereocenters. The van der Waals surface area contributed by atoms with Crippen molar-refractivity contribution < 1.29 is 4.79 Å². The number of nitrogens with zero attached hydrogens (tertiary/aromatic N) is 1. The van der Waals surface area contributed by atoms with Gasteiger partial charge in [0.25, 0.3) is 0 Å². The molecule has 0 aromatic rings. The standard InChI is InChI=1S/C9H20N2O/c1-5-11(6-2)9(3,4)7-8(10)12/h5-7H2,1-4H3,(H2,10,12). The Morgan fingerprint density at radius 3 is 2.00 bits per heavy atom. The van der Waals surface area contributed by atoms with Crippen LogP contribution in [0.2, 0.25) is 0 Å². The normalized spacial score (nSPS) is 12.1. The van der Waals surface area contributed by atoms with Gasteiger partial charge in [-0.3, -0.25) is 9.69 Å². The van der Waals surface area contributed by atoms with Gasteiger partial charge in [-0.1, -0.05) is 13.8 Å². The van der Waals surface area contributed by atoms with E-state index in [1.807, 2.05) is 13.8 Å². The molecule has 0 saturated carbocycles. The molecule has 0 bridgehead atoms. The predicted molar refractivity (Wildman–Crippen MR) is 50.8 cm³/mol. The van der Waals surface area contributed by atoms with Crippen LogP contribution in [-0.2, 0) is 4.79 Å². The number of primary amides is 1. The number of hydrogen-bond acceptors (Lipinski definition) is 2. The molecule has 0 atom stereocenters. The van der Waals surface area contributed by atoms with E-state index in [-0.39, 0.29) is 11.4 Å². The van der Waals surface area contributed by atoms with Gasteiger partial charge in [0.1, 0.15) is 0 Å². The summed E-state index contributed by atoms with van der Waals surface area (Å²) < 4.78 is 0. The lowest BCUT2D eigenvalue weighted by Crippen LogP contribution is -2.46. The highest BCUT2D eigenvalue weighted by Gasteiger charge is 2.25. The Bertz CT molecular complexity index is 151. The molecule has 3 heteroatoms. The van der Waals surface area contributed by atoms with E-state index in [0.29, 0.717) is 6.42 Å². The van der Waals surface area contributed by atoms with E-state index < -0.39 is 0 Å². The summed E-state index contributed by atoms with van der Waals surface area (Å²) in [5, 5.41) is 0. The summed E-state index contributed by atoms with van der Waals surface area (Å²) in [6.07, 6.45) is 0.425. The summed E-state index contributed by atoms with van der Waals surface area (Å²) in [5.74, 6) is -0.230. The molecule has 12 heavy (non-hydrogen) atoms. The highest BCUT2D eigenvalue weighted by Crippen LogP contribution is 2.17. The first-order valence-electron chi connectivity index (χ1n) is 4.47. The average molecular weight is 172 g/mol. The van der Waals surface area contributed by atoms with Crippen LogP contribution < -0.4 is 5.73 Å². The number of carbonyl (C=O) groups is 1. The van der Waals surface area contributed by atoms with E-state index in [4.69, 9.17) is 5.73 Å². The van der Waals surface area contributed by atoms with Crippen molar-refractivity contribution in [1.29, 1.82) is 0 Å². The fourth-order valence-corrected chi connectivity index (χ4v) is 1.62. The van der Waals surface area contributed by atoms with Crippen molar-refractivity contribution in [3.8, 4) is 0 Å². The molecule has 0 aromatic carbocycles. The highest BCUT2D eigenvalue weighted by molar-refractivity contribution is 5.74. The third kappa shape index (κ3) is 3.22. The van der Waals surface area contributed by atoms with Crippen molar-refractivity contribution in [2.45, 2.75) is 39.7 Å². The zero-order valence-corrected chi connectivity index (χ0v) is 8.55. The second-order valence-electron chi connectivity index (χ2n) is 3.63. The van der Waals surface area contributed by atoms with Gasteiger partial charge in [-0.25, -0.2) is 0 Å². The van der Waals surface area contributed by atoms with Crippen molar-refractivity contribution in [1.82, 2.24) is 4.90 Å². The molecule has 2 N–H and O–H groups in total. The van der Waals surface area contributed by atoms with E-state index in [1.54, 1.807) is 0 Å². The van der Waals surface area contributed by atoms with Crippen molar-refractivity contribution in [3.05, 3.63) is 0 Å². The van der Waals surface area contributed by atoms with Crippen LogP contribution in [0.25, 0.3) is 0 Å². The van der Waals surface area contributed by atoms with Gasteiger partial charge in [-0.2, -0.15) is 0 Å². The van der Waals surface area contributed by atoms with Crippen molar-refractivity contribution in [2.75, 3.05) is 13.1 Å². The van der Waals surface area contributed by atoms with Gasteiger partial charge in [0, 0.05) is 12.0 Å². The maximum Gasteiger partial charge on any atom is 0.219 e. The summed E-state index contributed by atoms with van der Waals surface area (Å²) >= 11 is 0. The summed E-state index contributed by atoms with van der Waals surface area (Å²) in [6, 6.07) is 0. The van der Waals surface area contributed by atoms with Gasteiger partial charge in [-0.05, 0) is 26.9 Å². The smallest absolute Gasteiger partial charge is 0.219 e. The number of hydrogen-bond donors (Lipinski definition) is 1. The Balaban J connectivity index is 4.24. The minimum atomic E-state index is -0.230. The Morgan fingerprint density at radius 2 is 1.75 bits per heavy atom. The molecule has 3 nitrogen and oxygen atoms in total. The molecule has 0 radical (unpaired) electrons. The first kappa shape index (κ1) is 11.4. The topological polar surface area (TPSA) is 46.3 Å². The average Bonchev–Trinajstić information content (AvgIpc) is 1.85. The van der Waals surface area contributed by atoms with Crippen LogP contribution in [0.4, 0.5) is 0 Å². The van der Waals surface area contributed by atoms with E-state index in [0.717, 1.165) is 13.1 Å². The largest absolute Gasteiger partial charge is 0.370 e. The molecule has 0 aliphatic carbocycles. The molecule has 72 valence electrons. The van der Waals surface area contributed by atoms with Crippen LogP contribution >= 0.6 is 0 Å². The van der Waals surface area contributed by atoms with E-state index in [2.05, 4.69) is 18.7 Å². The Kier molecular flexibility index (Phi) is 4.24. The van der Waals surface area contributed by atoms with Gasteiger partial charge < -0.3 is 5.73 Å². The quantitative estimate of drug-likeness (QED) is 0.672. The lowest BCUT2D eigenvalue weighted by Gasteiger charge is -2.36. The zero-order valence-electron chi connectivity index (χ0n) is 8.55. The summed E-state index contributed by atoms with van der Waals surface area (Å²) in [4.78, 5) is 13.0. The van der Waals surface area contributed by atoms with Gasteiger partial charge in [0.2, 0.25) is 5.91 Å². The molecule has 1 amide bonds. The summed E-state index contributed by atoms with van der Waals surface area (Å²) in [7, 11) is 0. The molecular formula is C9H20N2O. The van der Waals surface area contributed by atoms with Crippen LogP contribution in [0.3, 0.4) is 0 Å². The Morgan fingerprint density at radius 1 is 1.33 bits per heavy atom. The molecular weight excluding hydrogens is 152 g/mol. The molecule has 0 heterocycles. The SMILES string of the molecule is CCN(CC)C(C)(C)CC(N)=O. The van der Waals surface area contributed by atoms with E-state index >= 15 is 0 Å². The minimum Gasteiger partial charge on any atom is -0.370 e. The molecule has 0 aliphatic rings. The first-order valence-corrected chi connectivity index (χ1v) is 4.47. The maximum atomic E-state index is 10.7. The van der Waals surface area contributed by atoms with Gasteiger partial charge in [-0.15, -0.1) is 0 Å². The minimum absolute atomic E-state index is 0.102. The number of amides is 1. The van der Waals surface area contributed by atoms with Crippen molar-refractivity contribution in [3.63, 3.8) is 0 Å².